The molecule has 0 bridgehead atoms. The van der Waals surface area contributed by atoms with E-state index >= 15 is 0 Å². The van der Waals surface area contributed by atoms with E-state index in [1.807, 2.05) is 0 Å². The van der Waals surface area contributed by atoms with Gasteiger partial charge in [-0.1, -0.05) is 19.1 Å². The Morgan fingerprint density at radius 3 is 2.72 bits per heavy atom. The molecule has 102 valence electrons. The second kappa shape index (κ2) is 7.10. The van der Waals surface area contributed by atoms with Crippen LogP contribution in [0.4, 0.5) is 0 Å². The highest BCUT2D eigenvalue weighted by Crippen LogP contribution is 2.06. The number of aromatic carboxylic acids is 1. The number of carboxylic acids is 1. The number of aromatic nitrogens is 3. The number of carbonyl (C=O) groups is 1. The van der Waals surface area contributed by atoms with Crippen molar-refractivity contribution in [2.75, 3.05) is 6.54 Å². The molecular weight excluding hydrogens is 232 g/mol. The highest BCUT2D eigenvalue weighted by atomic mass is 16.4. The molecule has 1 rings (SSSR count). The molecule has 1 heterocycles. The smallest absolute Gasteiger partial charge is 0.358 e. The van der Waals surface area contributed by atoms with Gasteiger partial charge in [-0.2, -0.15) is 0 Å². The Hall–Kier alpha value is -1.43. The summed E-state index contributed by atoms with van der Waals surface area (Å²) in [6.45, 7) is 7.99. The van der Waals surface area contributed by atoms with Crippen molar-refractivity contribution in [3.63, 3.8) is 0 Å². The fourth-order valence-electron chi connectivity index (χ4n) is 1.62. The van der Waals surface area contributed by atoms with E-state index in [9.17, 15) is 4.79 Å². The molecule has 0 aromatic carbocycles. The highest BCUT2D eigenvalue weighted by molar-refractivity contribution is 5.84. The molecule has 0 saturated heterocycles. The Kier molecular flexibility index (Phi) is 5.77. The highest BCUT2D eigenvalue weighted by Gasteiger charge is 2.08. The molecule has 6 heteroatoms. The molecule has 18 heavy (non-hydrogen) atoms. The van der Waals surface area contributed by atoms with Crippen LogP contribution in [0, 0.1) is 5.92 Å². The van der Waals surface area contributed by atoms with Crippen molar-refractivity contribution in [3.8, 4) is 0 Å². The fourth-order valence-corrected chi connectivity index (χ4v) is 1.62. The first-order valence-corrected chi connectivity index (χ1v) is 6.36. The molecule has 0 amide bonds. The van der Waals surface area contributed by atoms with Gasteiger partial charge in [0.25, 0.3) is 0 Å². The van der Waals surface area contributed by atoms with Crippen molar-refractivity contribution in [1.29, 1.82) is 0 Å². The Morgan fingerprint density at radius 2 is 2.17 bits per heavy atom. The monoisotopic (exact) mass is 254 g/mol. The maximum Gasteiger partial charge on any atom is 0.358 e. The molecule has 0 fully saturated rings. The summed E-state index contributed by atoms with van der Waals surface area (Å²) in [4.78, 5) is 10.6. The van der Waals surface area contributed by atoms with E-state index < -0.39 is 5.97 Å². The summed E-state index contributed by atoms with van der Waals surface area (Å²) >= 11 is 0. The van der Waals surface area contributed by atoms with Gasteiger partial charge in [-0.3, -0.25) is 4.68 Å². The molecule has 0 spiro atoms. The number of hydrogen-bond acceptors (Lipinski definition) is 4. The lowest BCUT2D eigenvalue weighted by Crippen LogP contribution is -2.29. The predicted molar refractivity (Wildman–Crippen MR) is 68.5 cm³/mol. The summed E-state index contributed by atoms with van der Waals surface area (Å²) in [5.41, 5.74) is -0.0112. The molecule has 2 N–H and O–H groups in total. The first kappa shape index (κ1) is 14.6. The molecule has 1 aromatic heterocycles. The molecule has 6 nitrogen and oxygen atoms in total. The minimum Gasteiger partial charge on any atom is -0.476 e. The standard InChI is InChI=1S/C12H22N4O2/c1-9(2)4-5-10(3)13-6-7-16-8-11(12(17)18)14-15-16/h8-10,13H,4-7H2,1-3H3,(H,17,18). The Balaban J connectivity index is 2.22. The van der Waals surface area contributed by atoms with E-state index in [1.54, 1.807) is 4.68 Å². The predicted octanol–water partition coefficient (Wildman–Crippen LogP) is 1.39. The van der Waals surface area contributed by atoms with Gasteiger partial charge in [-0.05, 0) is 25.7 Å². The third kappa shape index (κ3) is 5.27. The van der Waals surface area contributed by atoms with Crippen LogP contribution >= 0.6 is 0 Å². The second-order valence-electron chi connectivity index (χ2n) is 5.00. The molecule has 0 saturated carbocycles. The first-order chi connectivity index (χ1) is 8.49. The van der Waals surface area contributed by atoms with Gasteiger partial charge in [-0.15, -0.1) is 5.10 Å². The zero-order valence-electron chi connectivity index (χ0n) is 11.3. The molecule has 1 aromatic rings. The van der Waals surface area contributed by atoms with Crippen LogP contribution < -0.4 is 5.32 Å². The Labute approximate surface area is 107 Å². The van der Waals surface area contributed by atoms with Crippen molar-refractivity contribution in [2.24, 2.45) is 5.92 Å². The van der Waals surface area contributed by atoms with E-state index in [2.05, 4.69) is 36.4 Å². The lowest BCUT2D eigenvalue weighted by molar-refractivity contribution is 0.0690. The topological polar surface area (TPSA) is 80.0 Å². The van der Waals surface area contributed by atoms with Gasteiger partial charge < -0.3 is 10.4 Å². The molecule has 0 aliphatic heterocycles. The number of nitrogens with zero attached hydrogens (tertiary/aromatic N) is 3. The van der Waals surface area contributed by atoms with Crippen LogP contribution in [0.5, 0.6) is 0 Å². The lowest BCUT2D eigenvalue weighted by atomic mass is 10.0. The number of nitrogens with one attached hydrogen (secondary N) is 1. The van der Waals surface area contributed by atoms with Crippen LogP contribution in [-0.4, -0.2) is 38.7 Å². The van der Waals surface area contributed by atoms with E-state index in [4.69, 9.17) is 5.11 Å². The van der Waals surface area contributed by atoms with E-state index in [0.717, 1.165) is 18.9 Å². The number of hydrogen-bond donors (Lipinski definition) is 2. The van der Waals surface area contributed by atoms with E-state index in [0.29, 0.717) is 12.6 Å². The molecule has 0 aliphatic rings. The Bertz CT molecular complexity index is 376. The van der Waals surface area contributed by atoms with Gasteiger partial charge in [-0.25, -0.2) is 4.79 Å². The lowest BCUT2D eigenvalue weighted by Gasteiger charge is -2.14. The molecule has 1 unspecified atom stereocenters. The summed E-state index contributed by atoms with van der Waals surface area (Å²) in [6, 6.07) is 0.467. The van der Waals surface area contributed by atoms with Crippen LogP contribution in [0.2, 0.25) is 0 Å². The zero-order chi connectivity index (χ0) is 13.5. The third-order valence-electron chi connectivity index (χ3n) is 2.77. The maximum atomic E-state index is 10.6. The van der Waals surface area contributed by atoms with Crippen molar-refractivity contribution in [2.45, 2.75) is 46.2 Å². The van der Waals surface area contributed by atoms with Gasteiger partial charge in [0.2, 0.25) is 0 Å². The van der Waals surface area contributed by atoms with Crippen molar-refractivity contribution < 1.29 is 9.90 Å². The molecule has 1 atom stereocenters. The molecular formula is C12H22N4O2. The van der Waals surface area contributed by atoms with Crippen molar-refractivity contribution in [3.05, 3.63) is 11.9 Å². The largest absolute Gasteiger partial charge is 0.476 e. The summed E-state index contributed by atoms with van der Waals surface area (Å²) in [6.07, 6.45) is 3.80. The van der Waals surface area contributed by atoms with Gasteiger partial charge in [0.15, 0.2) is 5.69 Å². The first-order valence-electron chi connectivity index (χ1n) is 6.36. The summed E-state index contributed by atoms with van der Waals surface area (Å²) in [5.74, 6) is -0.317. The van der Waals surface area contributed by atoms with Crippen LogP contribution in [0.1, 0.15) is 44.1 Å². The fraction of sp³-hybridized carbons (Fsp3) is 0.750. The SMILES string of the molecule is CC(C)CCC(C)NCCn1cc(C(=O)O)nn1. The zero-order valence-corrected chi connectivity index (χ0v) is 11.3. The van der Waals surface area contributed by atoms with Gasteiger partial charge >= 0.3 is 5.97 Å². The van der Waals surface area contributed by atoms with E-state index in [-0.39, 0.29) is 5.69 Å². The second-order valence-corrected chi connectivity index (χ2v) is 5.00. The average Bonchev–Trinajstić information content (AvgIpc) is 2.75. The third-order valence-corrected chi connectivity index (χ3v) is 2.77. The van der Waals surface area contributed by atoms with Crippen LogP contribution in [0.15, 0.2) is 6.20 Å². The normalized spacial score (nSPS) is 12.9. The van der Waals surface area contributed by atoms with Gasteiger partial charge in [0.05, 0.1) is 12.7 Å². The van der Waals surface area contributed by atoms with Gasteiger partial charge in [0.1, 0.15) is 0 Å². The Morgan fingerprint density at radius 1 is 1.44 bits per heavy atom. The molecule has 0 aliphatic carbocycles. The summed E-state index contributed by atoms with van der Waals surface area (Å²) in [5, 5.41) is 19.4. The molecule has 0 radical (unpaired) electrons. The minimum atomic E-state index is -1.04. The summed E-state index contributed by atoms with van der Waals surface area (Å²) in [7, 11) is 0. The van der Waals surface area contributed by atoms with Crippen LogP contribution in [-0.2, 0) is 6.54 Å². The van der Waals surface area contributed by atoms with Crippen molar-refractivity contribution in [1.82, 2.24) is 20.3 Å². The number of carboxylic acid groups (broad SMARTS) is 1. The van der Waals surface area contributed by atoms with Crippen LogP contribution in [0.25, 0.3) is 0 Å². The van der Waals surface area contributed by atoms with Gasteiger partial charge in [0, 0.05) is 12.6 Å². The quantitative estimate of drug-likeness (QED) is 0.732. The minimum absolute atomic E-state index is 0.0112. The van der Waals surface area contributed by atoms with Crippen molar-refractivity contribution >= 4 is 5.97 Å². The van der Waals surface area contributed by atoms with Crippen LogP contribution in [0.3, 0.4) is 0 Å². The summed E-state index contributed by atoms with van der Waals surface area (Å²) < 4.78 is 1.55. The maximum absolute atomic E-state index is 10.6. The average molecular weight is 254 g/mol. The number of rotatable bonds is 8. The van der Waals surface area contributed by atoms with E-state index in [1.165, 1.54) is 12.6 Å².